The molecule has 4 aromatic heterocycles. The first-order chi connectivity index (χ1) is 26.2. The predicted octanol–water partition coefficient (Wildman–Crippen LogP) is 11.2. The average Bonchev–Trinajstić information content (AvgIpc) is 3.89. The minimum atomic E-state index is 0.473. The van der Waals surface area contributed by atoms with Gasteiger partial charge in [-0.3, -0.25) is 4.57 Å². The van der Waals surface area contributed by atoms with Gasteiger partial charge in [0.25, 0.3) is 0 Å². The van der Waals surface area contributed by atoms with E-state index in [2.05, 4.69) is 81.9 Å². The molecule has 7 nitrogen and oxygen atoms in total. The number of aromatic nitrogens is 5. The number of nitrogens with zero attached hydrogens (tertiary/aromatic N) is 6. The highest BCUT2D eigenvalue weighted by molar-refractivity contribution is 6.21. The number of nitriles is 1. The Morgan fingerprint density at radius 1 is 0.472 bits per heavy atom. The molecule has 7 aromatic carbocycles. The second-order valence-corrected chi connectivity index (χ2v) is 13.2. The van der Waals surface area contributed by atoms with Crippen LogP contribution in [0.15, 0.2) is 162 Å². The molecule has 0 radical (unpaired) electrons. The Morgan fingerprint density at radius 2 is 1.04 bits per heavy atom. The maximum Gasteiger partial charge on any atom is 0.238 e. The fourth-order valence-corrected chi connectivity index (χ4v) is 7.89. The van der Waals surface area contributed by atoms with Gasteiger partial charge in [0.1, 0.15) is 11.7 Å². The quantitative estimate of drug-likeness (QED) is 0.185. The lowest BCUT2D eigenvalue weighted by Gasteiger charge is -2.13. The minimum absolute atomic E-state index is 0.473. The molecule has 246 valence electrons. The van der Waals surface area contributed by atoms with Crippen molar-refractivity contribution in [2.45, 2.75) is 0 Å². The number of hydrogen-bond acceptors (Lipinski definition) is 5. The van der Waals surface area contributed by atoms with E-state index in [0.29, 0.717) is 28.7 Å². The van der Waals surface area contributed by atoms with Crippen LogP contribution in [0.25, 0.3) is 100.0 Å². The van der Waals surface area contributed by atoms with Crippen LogP contribution in [0, 0.1) is 11.3 Å². The van der Waals surface area contributed by atoms with E-state index in [-0.39, 0.29) is 0 Å². The Morgan fingerprint density at radius 3 is 1.74 bits per heavy atom. The molecule has 0 spiro atoms. The molecule has 0 fully saturated rings. The Bertz CT molecular complexity index is 3260. The third-order valence-corrected chi connectivity index (χ3v) is 10.2. The Balaban J connectivity index is 1.16. The van der Waals surface area contributed by atoms with Gasteiger partial charge >= 0.3 is 0 Å². The van der Waals surface area contributed by atoms with Gasteiger partial charge in [-0.15, -0.1) is 0 Å². The van der Waals surface area contributed by atoms with Crippen molar-refractivity contribution >= 4 is 65.6 Å². The van der Waals surface area contributed by atoms with Gasteiger partial charge in [-0.1, -0.05) is 109 Å². The topological polar surface area (TPSA) is 85.5 Å². The molecular formula is C46H26N6O. The molecule has 11 aromatic rings. The van der Waals surface area contributed by atoms with Crippen LogP contribution in [0.1, 0.15) is 5.56 Å². The monoisotopic (exact) mass is 678 g/mol. The third-order valence-electron chi connectivity index (χ3n) is 10.2. The van der Waals surface area contributed by atoms with Gasteiger partial charge in [-0.05, 0) is 48.5 Å². The summed E-state index contributed by atoms with van der Waals surface area (Å²) in [6.45, 7) is 0. The SMILES string of the molecule is N#Cc1cc(-c2nc(-c3ccccc3)nc(-n3c4ccccc4c4ccccc43)n2)ccc1-n1c2ccccc2c2ccc3c4ccccc4oc3c21. The summed E-state index contributed by atoms with van der Waals surface area (Å²) < 4.78 is 10.8. The van der Waals surface area contributed by atoms with E-state index in [1.807, 2.05) is 91.0 Å². The fourth-order valence-electron chi connectivity index (χ4n) is 7.89. The molecule has 0 atom stereocenters. The van der Waals surface area contributed by atoms with Crippen molar-refractivity contribution in [3.05, 3.63) is 163 Å². The van der Waals surface area contributed by atoms with Crippen molar-refractivity contribution < 1.29 is 4.42 Å². The predicted molar refractivity (Wildman–Crippen MR) is 211 cm³/mol. The Hall–Kier alpha value is -7.56. The largest absolute Gasteiger partial charge is 0.454 e. The molecular weight excluding hydrogens is 653 g/mol. The highest BCUT2D eigenvalue weighted by atomic mass is 16.3. The zero-order valence-corrected chi connectivity index (χ0v) is 28.1. The minimum Gasteiger partial charge on any atom is -0.454 e. The van der Waals surface area contributed by atoms with Crippen molar-refractivity contribution in [1.29, 1.82) is 5.26 Å². The highest BCUT2D eigenvalue weighted by Crippen LogP contribution is 2.41. The molecule has 0 aliphatic heterocycles. The van der Waals surface area contributed by atoms with Crippen LogP contribution < -0.4 is 0 Å². The number of fused-ring (bicyclic) bond motifs is 10. The molecule has 0 bridgehead atoms. The standard InChI is InChI=1S/C46H26N6O/c47-27-30-26-29(22-25-37(30)51-38-18-8-6-16-33(38)35-23-24-36-34-17-7-11-21-41(34)53-43(36)42(35)51)45-48-44(28-12-2-1-3-13-28)49-46(50-45)52-39-19-9-4-14-31(39)32-15-5-10-20-40(32)52/h1-26H. The van der Waals surface area contributed by atoms with Crippen LogP contribution in [0.4, 0.5) is 0 Å². The van der Waals surface area contributed by atoms with Crippen LogP contribution >= 0.6 is 0 Å². The summed E-state index contributed by atoms with van der Waals surface area (Å²) in [5.41, 5.74) is 8.33. The van der Waals surface area contributed by atoms with Gasteiger partial charge in [-0.2, -0.15) is 15.2 Å². The van der Waals surface area contributed by atoms with Gasteiger partial charge in [-0.25, -0.2) is 4.98 Å². The number of hydrogen-bond donors (Lipinski definition) is 0. The van der Waals surface area contributed by atoms with Crippen molar-refractivity contribution in [2.24, 2.45) is 0 Å². The molecule has 0 aliphatic carbocycles. The van der Waals surface area contributed by atoms with Crippen molar-refractivity contribution in [1.82, 2.24) is 24.1 Å². The molecule has 0 amide bonds. The fraction of sp³-hybridized carbons (Fsp3) is 0. The van der Waals surface area contributed by atoms with Crippen molar-refractivity contribution in [3.8, 4) is 40.5 Å². The summed E-state index contributed by atoms with van der Waals surface area (Å²) >= 11 is 0. The smallest absolute Gasteiger partial charge is 0.238 e. The van der Waals surface area contributed by atoms with E-state index in [1.54, 1.807) is 0 Å². The van der Waals surface area contributed by atoms with Gasteiger partial charge in [0, 0.05) is 43.4 Å². The summed E-state index contributed by atoms with van der Waals surface area (Å²) in [7, 11) is 0. The van der Waals surface area contributed by atoms with Gasteiger partial charge in [0.15, 0.2) is 17.2 Å². The second kappa shape index (κ2) is 11.2. The van der Waals surface area contributed by atoms with Crippen LogP contribution in [0.5, 0.6) is 0 Å². The molecule has 0 saturated heterocycles. The molecule has 0 aliphatic rings. The van der Waals surface area contributed by atoms with E-state index >= 15 is 0 Å². The first kappa shape index (κ1) is 29.2. The van der Waals surface area contributed by atoms with E-state index in [4.69, 9.17) is 19.4 Å². The van der Waals surface area contributed by atoms with Gasteiger partial charge in [0.05, 0.1) is 33.3 Å². The van der Waals surface area contributed by atoms with Crippen LogP contribution in [0.2, 0.25) is 0 Å². The third kappa shape index (κ3) is 4.30. The maximum atomic E-state index is 10.8. The number of rotatable bonds is 4. The van der Waals surface area contributed by atoms with Crippen LogP contribution in [-0.4, -0.2) is 24.1 Å². The van der Waals surface area contributed by atoms with Gasteiger partial charge in [0.2, 0.25) is 5.95 Å². The Kier molecular flexibility index (Phi) is 6.18. The van der Waals surface area contributed by atoms with Crippen LogP contribution in [0.3, 0.4) is 0 Å². The molecule has 7 heteroatoms. The second-order valence-electron chi connectivity index (χ2n) is 13.2. The molecule has 11 rings (SSSR count). The molecule has 0 unspecified atom stereocenters. The summed E-state index contributed by atoms with van der Waals surface area (Å²) in [6.07, 6.45) is 0. The number of benzene rings is 7. The zero-order chi connectivity index (χ0) is 35.0. The average molecular weight is 679 g/mol. The van der Waals surface area contributed by atoms with E-state index in [1.165, 1.54) is 0 Å². The van der Waals surface area contributed by atoms with Gasteiger partial charge < -0.3 is 8.98 Å². The van der Waals surface area contributed by atoms with Crippen molar-refractivity contribution in [2.75, 3.05) is 0 Å². The van der Waals surface area contributed by atoms with E-state index in [0.717, 1.165) is 76.8 Å². The molecule has 0 saturated carbocycles. The van der Waals surface area contributed by atoms with Crippen molar-refractivity contribution in [3.63, 3.8) is 0 Å². The zero-order valence-electron chi connectivity index (χ0n) is 28.1. The summed E-state index contributed by atoms with van der Waals surface area (Å²) in [5, 5.41) is 17.3. The first-order valence-corrected chi connectivity index (χ1v) is 17.4. The number of para-hydroxylation sites is 4. The first-order valence-electron chi connectivity index (χ1n) is 17.4. The molecule has 53 heavy (non-hydrogen) atoms. The lowest BCUT2D eigenvalue weighted by atomic mass is 10.1. The van der Waals surface area contributed by atoms with E-state index < -0.39 is 0 Å². The normalized spacial score (nSPS) is 11.8. The number of furan rings is 1. The summed E-state index contributed by atoms with van der Waals surface area (Å²) in [5.74, 6) is 1.52. The maximum absolute atomic E-state index is 10.8. The summed E-state index contributed by atoms with van der Waals surface area (Å²) in [4.78, 5) is 15.2. The van der Waals surface area contributed by atoms with E-state index in [9.17, 15) is 5.26 Å². The molecule has 0 N–H and O–H groups in total. The molecule has 4 heterocycles. The van der Waals surface area contributed by atoms with Crippen LogP contribution in [-0.2, 0) is 0 Å². The Labute approximate surface area is 302 Å². The lowest BCUT2D eigenvalue weighted by molar-refractivity contribution is 0.671. The highest BCUT2D eigenvalue weighted by Gasteiger charge is 2.22. The summed E-state index contributed by atoms with van der Waals surface area (Å²) in [6, 6.07) is 55.6. The lowest BCUT2D eigenvalue weighted by Crippen LogP contribution is -2.06.